The Kier molecular flexibility index (Phi) is 5.10. The highest BCUT2D eigenvalue weighted by atomic mass is 19.2. The summed E-state index contributed by atoms with van der Waals surface area (Å²) in [4.78, 5) is 0. The zero-order valence-electron chi connectivity index (χ0n) is 15.8. The highest BCUT2D eigenvalue weighted by Gasteiger charge is 2.12. The molecule has 0 atom stereocenters. The van der Waals surface area contributed by atoms with E-state index in [1.54, 1.807) is 36.4 Å². The minimum atomic E-state index is -0.951. The summed E-state index contributed by atoms with van der Waals surface area (Å²) < 4.78 is 56.2. The maximum Gasteiger partial charge on any atom is 0.159 e. The molecule has 0 radical (unpaired) electrons. The third-order valence-corrected chi connectivity index (χ3v) is 5.04. The summed E-state index contributed by atoms with van der Waals surface area (Å²) >= 11 is 0. The molecule has 0 amide bonds. The van der Waals surface area contributed by atoms with Crippen molar-refractivity contribution in [2.45, 2.75) is 19.8 Å². The number of rotatable bonds is 4. The summed E-state index contributed by atoms with van der Waals surface area (Å²) in [5.41, 5.74) is 2.53. The first-order valence-corrected chi connectivity index (χ1v) is 9.44. The average Bonchev–Trinajstić information content (AvgIpc) is 2.69. The fourth-order valence-electron chi connectivity index (χ4n) is 3.56. The Morgan fingerprint density at radius 1 is 0.552 bits per heavy atom. The van der Waals surface area contributed by atoms with Gasteiger partial charge >= 0.3 is 0 Å². The Balaban J connectivity index is 1.72. The number of fused-ring (bicyclic) bond motifs is 1. The molecule has 146 valence electrons. The molecule has 0 aliphatic carbocycles. The van der Waals surface area contributed by atoms with Crippen LogP contribution in [0.1, 0.15) is 18.9 Å². The Morgan fingerprint density at radius 3 is 1.79 bits per heavy atom. The average molecular weight is 394 g/mol. The summed E-state index contributed by atoms with van der Waals surface area (Å²) in [6.45, 7) is 2.03. The van der Waals surface area contributed by atoms with E-state index in [0.29, 0.717) is 33.0 Å². The fourth-order valence-corrected chi connectivity index (χ4v) is 3.56. The molecule has 0 aromatic heterocycles. The van der Waals surface area contributed by atoms with Gasteiger partial charge < -0.3 is 0 Å². The second-order valence-corrected chi connectivity index (χ2v) is 7.09. The molecule has 29 heavy (non-hydrogen) atoms. The quantitative estimate of drug-likeness (QED) is 0.311. The minimum Gasteiger partial charge on any atom is -0.206 e. The van der Waals surface area contributed by atoms with E-state index in [-0.39, 0.29) is 5.82 Å². The van der Waals surface area contributed by atoms with E-state index in [1.807, 2.05) is 13.0 Å². The van der Waals surface area contributed by atoms with Gasteiger partial charge in [0.15, 0.2) is 11.6 Å². The lowest BCUT2D eigenvalue weighted by atomic mass is 9.96. The molecule has 0 spiro atoms. The smallest absolute Gasteiger partial charge is 0.159 e. The van der Waals surface area contributed by atoms with Crippen molar-refractivity contribution in [2.75, 3.05) is 0 Å². The molecule has 0 heterocycles. The van der Waals surface area contributed by atoms with Crippen LogP contribution in [-0.2, 0) is 6.42 Å². The van der Waals surface area contributed by atoms with Crippen LogP contribution in [0, 0.1) is 23.3 Å². The molecule has 0 fully saturated rings. The molecule has 0 bridgehead atoms. The van der Waals surface area contributed by atoms with Gasteiger partial charge in [0, 0.05) is 11.1 Å². The Hall–Kier alpha value is -3.14. The van der Waals surface area contributed by atoms with Crippen LogP contribution in [0.15, 0.2) is 66.7 Å². The third-order valence-electron chi connectivity index (χ3n) is 5.04. The van der Waals surface area contributed by atoms with E-state index < -0.39 is 17.5 Å². The summed E-state index contributed by atoms with van der Waals surface area (Å²) in [5.74, 6) is -2.77. The normalized spacial score (nSPS) is 11.2. The van der Waals surface area contributed by atoms with Gasteiger partial charge in [0.05, 0.1) is 0 Å². The van der Waals surface area contributed by atoms with Gasteiger partial charge in [-0.15, -0.1) is 0 Å². The van der Waals surface area contributed by atoms with E-state index in [9.17, 15) is 17.6 Å². The number of aryl methyl sites for hydroxylation is 1. The van der Waals surface area contributed by atoms with Crippen LogP contribution in [0.2, 0.25) is 0 Å². The van der Waals surface area contributed by atoms with Crippen molar-refractivity contribution in [1.82, 2.24) is 0 Å². The molecule has 4 rings (SSSR count). The molecule has 4 aromatic carbocycles. The highest BCUT2D eigenvalue weighted by Crippen LogP contribution is 2.32. The van der Waals surface area contributed by atoms with Crippen molar-refractivity contribution < 1.29 is 17.6 Å². The van der Waals surface area contributed by atoms with Crippen molar-refractivity contribution in [3.63, 3.8) is 0 Å². The number of halogens is 4. The van der Waals surface area contributed by atoms with Gasteiger partial charge in [-0.1, -0.05) is 49.7 Å². The highest BCUT2D eigenvalue weighted by molar-refractivity contribution is 5.88. The summed E-state index contributed by atoms with van der Waals surface area (Å²) in [6.07, 6.45) is 1.71. The lowest BCUT2D eigenvalue weighted by Crippen LogP contribution is -1.92. The molecule has 0 saturated carbocycles. The first-order valence-electron chi connectivity index (χ1n) is 9.44. The maximum absolute atomic E-state index is 14.8. The minimum absolute atomic E-state index is 0.309. The second kappa shape index (κ2) is 7.70. The van der Waals surface area contributed by atoms with E-state index in [0.717, 1.165) is 30.5 Å². The Morgan fingerprint density at radius 2 is 1.14 bits per heavy atom. The lowest BCUT2D eigenvalue weighted by molar-refractivity contribution is 0.511. The van der Waals surface area contributed by atoms with Crippen molar-refractivity contribution in [1.29, 1.82) is 0 Å². The van der Waals surface area contributed by atoms with E-state index >= 15 is 0 Å². The van der Waals surface area contributed by atoms with Crippen LogP contribution in [0.3, 0.4) is 0 Å². The molecular weight excluding hydrogens is 376 g/mol. The maximum atomic E-state index is 14.8. The predicted octanol–water partition coefficient (Wildman–Crippen LogP) is 7.68. The monoisotopic (exact) mass is 394 g/mol. The molecule has 0 N–H and O–H groups in total. The Labute approximate surface area is 166 Å². The first kappa shape index (κ1) is 19.2. The molecule has 4 aromatic rings. The van der Waals surface area contributed by atoms with Crippen molar-refractivity contribution in [3.8, 4) is 22.3 Å². The van der Waals surface area contributed by atoms with Crippen LogP contribution >= 0.6 is 0 Å². The zero-order chi connectivity index (χ0) is 20.5. The predicted molar refractivity (Wildman–Crippen MR) is 109 cm³/mol. The summed E-state index contributed by atoms with van der Waals surface area (Å²) in [7, 11) is 0. The van der Waals surface area contributed by atoms with Crippen LogP contribution in [0.5, 0.6) is 0 Å². The van der Waals surface area contributed by atoms with Gasteiger partial charge in [0.25, 0.3) is 0 Å². The van der Waals surface area contributed by atoms with Crippen LogP contribution in [0.25, 0.3) is 33.0 Å². The van der Waals surface area contributed by atoms with Crippen LogP contribution in [0.4, 0.5) is 17.6 Å². The largest absolute Gasteiger partial charge is 0.206 e. The van der Waals surface area contributed by atoms with Gasteiger partial charge in [0.1, 0.15) is 11.6 Å². The van der Waals surface area contributed by atoms with Crippen molar-refractivity contribution in [3.05, 3.63) is 95.6 Å². The molecule has 0 saturated heterocycles. The van der Waals surface area contributed by atoms with Crippen molar-refractivity contribution in [2.24, 2.45) is 0 Å². The molecule has 0 aliphatic heterocycles. The molecule has 0 aliphatic rings. The summed E-state index contributed by atoms with van der Waals surface area (Å²) in [5, 5.41) is 1.00. The SMILES string of the molecule is CCCc1ccc(-c2ccc(-c3ccc4cc(F)c(F)cc4c3)c(F)c2)c(F)c1. The van der Waals surface area contributed by atoms with Gasteiger partial charge in [-0.3, -0.25) is 0 Å². The van der Waals surface area contributed by atoms with Crippen molar-refractivity contribution >= 4 is 10.8 Å². The van der Waals surface area contributed by atoms with Gasteiger partial charge in [-0.25, -0.2) is 17.6 Å². The van der Waals surface area contributed by atoms with Gasteiger partial charge in [-0.05, 0) is 64.2 Å². The van der Waals surface area contributed by atoms with E-state index in [1.165, 1.54) is 12.1 Å². The summed E-state index contributed by atoms with van der Waals surface area (Å²) in [6, 6.07) is 16.6. The zero-order valence-corrected chi connectivity index (χ0v) is 15.8. The van der Waals surface area contributed by atoms with Crippen LogP contribution < -0.4 is 0 Å². The van der Waals surface area contributed by atoms with Crippen LogP contribution in [-0.4, -0.2) is 0 Å². The first-order chi connectivity index (χ1) is 14.0. The van der Waals surface area contributed by atoms with E-state index in [4.69, 9.17) is 0 Å². The second-order valence-electron chi connectivity index (χ2n) is 7.09. The Bertz CT molecular complexity index is 1210. The molecule has 4 heteroatoms. The number of hydrogen-bond acceptors (Lipinski definition) is 0. The topological polar surface area (TPSA) is 0 Å². The third kappa shape index (κ3) is 3.75. The molecular formula is C25H18F4. The van der Waals surface area contributed by atoms with Gasteiger partial charge in [-0.2, -0.15) is 0 Å². The fraction of sp³-hybridized carbons (Fsp3) is 0.120. The van der Waals surface area contributed by atoms with Gasteiger partial charge in [0.2, 0.25) is 0 Å². The molecule has 0 nitrogen and oxygen atoms in total. The number of hydrogen-bond donors (Lipinski definition) is 0. The standard InChI is InChI=1S/C25H18F4/c1-2-3-15-4-8-20(22(26)10-15)18-7-9-21(23(27)13-18)17-6-5-16-12-24(28)25(29)14-19(16)11-17/h4-14H,2-3H2,1H3. The van der Waals surface area contributed by atoms with E-state index in [2.05, 4.69) is 0 Å². The number of benzene rings is 4. The molecule has 0 unspecified atom stereocenters. The lowest BCUT2D eigenvalue weighted by Gasteiger charge is -2.10.